The predicted octanol–water partition coefficient (Wildman–Crippen LogP) is 4.09. The molecular weight excluding hydrogens is 502 g/mol. The largest absolute Gasteiger partial charge is 0.466 e. The zero-order valence-electron chi connectivity index (χ0n) is 20.8. The molecule has 3 aromatic rings. The average Bonchev–Trinajstić information content (AvgIpc) is 3.30. The molecule has 1 aliphatic rings. The van der Waals surface area contributed by atoms with Crippen molar-refractivity contribution in [3.05, 3.63) is 52.8 Å². The lowest BCUT2D eigenvalue weighted by Crippen LogP contribution is -2.48. The summed E-state index contributed by atoms with van der Waals surface area (Å²) in [5.41, 5.74) is 2.20. The molecule has 1 aliphatic heterocycles. The summed E-state index contributed by atoms with van der Waals surface area (Å²) in [4.78, 5) is 20.0. The van der Waals surface area contributed by atoms with Crippen LogP contribution in [-0.2, 0) is 19.6 Å². The van der Waals surface area contributed by atoms with Crippen molar-refractivity contribution in [2.24, 2.45) is 0 Å². The van der Waals surface area contributed by atoms with Crippen LogP contribution in [0, 0.1) is 6.92 Å². The van der Waals surface area contributed by atoms with Crippen LogP contribution in [0.2, 0.25) is 5.02 Å². The molecule has 1 N–H and O–H groups in total. The topological polar surface area (TPSA) is 106 Å². The second kappa shape index (κ2) is 11.1. The van der Waals surface area contributed by atoms with Crippen molar-refractivity contribution in [2.75, 3.05) is 24.6 Å². The van der Waals surface area contributed by atoms with Gasteiger partial charge in [-0.2, -0.15) is 9.61 Å². The van der Waals surface area contributed by atoms with Crippen LogP contribution in [-0.4, -0.2) is 54.7 Å². The van der Waals surface area contributed by atoms with Crippen molar-refractivity contribution in [1.29, 1.82) is 0 Å². The number of hydrogen-bond donors (Lipinski definition) is 1. The number of anilines is 1. The molecule has 4 rings (SSSR count). The Morgan fingerprint density at radius 2 is 2.00 bits per heavy atom. The van der Waals surface area contributed by atoms with Crippen LogP contribution in [0.3, 0.4) is 0 Å². The first-order chi connectivity index (χ1) is 17.2. The standard InChI is InChI=1S/C25H32ClN5O4S/c1-4-7-21(25(32)35-5-2)23-17(3)28-22-13-14-27-31(22)24(23)30-15-6-8-19(16-30)29-36(33,34)20-11-9-18(26)10-12-20/h9-14,19,21,29H,4-8,15-16H2,1-3H3. The van der Waals surface area contributed by atoms with Crippen LogP contribution in [0.1, 0.15) is 56.7 Å². The van der Waals surface area contributed by atoms with Gasteiger partial charge in [0.2, 0.25) is 10.0 Å². The first-order valence-corrected chi connectivity index (χ1v) is 14.1. The van der Waals surface area contributed by atoms with Gasteiger partial charge in [0, 0.05) is 41.5 Å². The maximum Gasteiger partial charge on any atom is 0.313 e. The number of hydrogen-bond acceptors (Lipinski definition) is 7. The quantitative estimate of drug-likeness (QED) is 0.413. The van der Waals surface area contributed by atoms with E-state index in [1.165, 1.54) is 12.1 Å². The molecule has 3 heterocycles. The summed E-state index contributed by atoms with van der Waals surface area (Å²) in [6.07, 6.45) is 4.56. The molecule has 0 radical (unpaired) electrons. The first kappa shape index (κ1) is 26.4. The maximum atomic E-state index is 13.0. The number of aryl methyl sites for hydroxylation is 1. The van der Waals surface area contributed by atoms with Crippen molar-refractivity contribution >= 4 is 39.1 Å². The van der Waals surface area contributed by atoms with E-state index in [4.69, 9.17) is 21.3 Å². The second-order valence-electron chi connectivity index (χ2n) is 8.99. The minimum Gasteiger partial charge on any atom is -0.466 e. The number of nitrogens with zero attached hydrogens (tertiary/aromatic N) is 4. The van der Waals surface area contributed by atoms with E-state index < -0.39 is 15.9 Å². The number of piperidine rings is 1. The first-order valence-electron chi connectivity index (χ1n) is 12.3. The number of esters is 1. The highest BCUT2D eigenvalue weighted by atomic mass is 35.5. The zero-order valence-corrected chi connectivity index (χ0v) is 22.3. The molecule has 0 spiro atoms. The van der Waals surface area contributed by atoms with Gasteiger partial charge < -0.3 is 9.64 Å². The summed E-state index contributed by atoms with van der Waals surface area (Å²) in [6, 6.07) is 7.62. The Balaban J connectivity index is 1.71. The summed E-state index contributed by atoms with van der Waals surface area (Å²) in [6.45, 7) is 7.16. The molecule has 9 nitrogen and oxygen atoms in total. The van der Waals surface area contributed by atoms with Crippen LogP contribution in [0.5, 0.6) is 0 Å². The van der Waals surface area contributed by atoms with Gasteiger partial charge in [-0.3, -0.25) is 4.79 Å². The highest BCUT2D eigenvalue weighted by Gasteiger charge is 2.33. The Hall–Kier alpha value is -2.69. The van der Waals surface area contributed by atoms with Gasteiger partial charge in [0.25, 0.3) is 0 Å². The summed E-state index contributed by atoms with van der Waals surface area (Å²) in [5, 5.41) is 4.98. The van der Waals surface area contributed by atoms with Gasteiger partial charge in [0.05, 0.1) is 23.6 Å². The van der Waals surface area contributed by atoms with Gasteiger partial charge in [0.15, 0.2) is 5.65 Å². The molecule has 36 heavy (non-hydrogen) atoms. The fourth-order valence-electron chi connectivity index (χ4n) is 4.84. The number of ether oxygens (including phenoxy) is 1. The molecule has 194 valence electrons. The second-order valence-corrected chi connectivity index (χ2v) is 11.1. The highest BCUT2D eigenvalue weighted by molar-refractivity contribution is 7.89. The van der Waals surface area contributed by atoms with Gasteiger partial charge in [-0.05, 0) is 57.4 Å². The molecule has 0 amide bonds. The third kappa shape index (κ3) is 5.50. The minimum absolute atomic E-state index is 0.171. The Morgan fingerprint density at radius 3 is 2.69 bits per heavy atom. The Morgan fingerprint density at radius 1 is 1.25 bits per heavy atom. The summed E-state index contributed by atoms with van der Waals surface area (Å²) >= 11 is 5.93. The molecule has 1 aromatic carbocycles. The average molecular weight is 534 g/mol. The van der Waals surface area contributed by atoms with Crippen molar-refractivity contribution < 1.29 is 17.9 Å². The van der Waals surface area contributed by atoms with Gasteiger partial charge in [-0.25, -0.2) is 18.1 Å². The number of carbonyl (C=O) groups is 1. The van der Waals surface area contributed by atoms with Crippen LogP contribution in [0.4, 0.5) is 5.82 Å². The number of rotatable bonds is 9. The number of nitrogens with one attached hydrogen (secondary N) is 1. The van der Waals surface area contributed by atoms with Crippen molar-refractivity contribution in [2.45, 2.75) is 63.3 Å². The fourth-order valence-corrected chi connectivity index (χ4v) is 6.23. The van der Waals surface area contributed by atoms with E-state index in [1.807, 2.05) is 19.9 Å². The van der Waals surface area contributed by atoms with E-state index in [0.717, 1.165) is 29.9 Å². The van der Waals surface area contributed by atoms with Crippen molar-refractivity contribution in [3.63, 3.8) is 0 Å². The lowest BCUT2D eigenvalue weighted by molar-refractivity contribution is -0.145. The van der Waals surface area contributed by atoms with Crippen molar-refractivity contribution in [1.82, 2.24) is 19.3 Å². The number of benzene rings is 1. The van der Waals surface area contributed by atoms with Gasteiger partial charge >= 0.3 is 5.97 Å². The molecule has 11 heteroatoms. The Bertz CT molecular complexity index is 1330. The zero-order chi connectivity index (χ0) is 25.9. The summed E-state index contributed by atoms with van der Waals surface area (Å²) in [5.74, 6) is -0.00409. The van der Waals surface area contributed by atoms with E-state index in [9.17, 15) is 13.2 Å². The van der Waals surface area contributed by atoms with Crippen LogP contribution < -0.4 is 9.62 Å². The highest BCUT2D eigenvalue weighted by Crippen LogP contribution is 2.35. The fraction of sp³-hybridized carbons (Fsp3) is 0.480. The molecule has 0 saturated carbocycles. The molecular formula is C25H32ClN5O4S. The van der Waals surface area contributed by atoms with Gasteiger partial charge in [-0.1, -0.05) is 24.9 Å². The number of sulfonamides is 1. The van der Waals surface area contributed by atoms with E-state index in [1.54, 1.807) is 29.8 Å². The van der Waals surface area contributed by atoms with Crippen LogP contribution >= 0.6 is 11.6 Å². The minimum atomic E-state index is -3.72. The SMILES string of the molecule is CCCC(C(=O)OCC)c1c(C)nc2ccnn2c1N1CCCC(NS(=O)(=O)c2ccc(Cl)cc2)C1. The van der Waals surface area contributed by atoms with Crippen LogP contribution in [0.25, 0.3) is 5.65 Å². The molecule has 0 bridgehead atoms. The monoisotopic (exact) mass is 533 g/mol. The van der Waals surface area contributed by atoms with E-state index >= 15 is 0 Å². The molecule has 2 unspecified atom stereocenters. The molecule has 1 fully saturated rings. The van der Waals surface area contributed by atoms with Gasteiger partial charge in [0.1, 0.15) is 5.82 Å². The third-order valence-electron chi connectivity index (χ3n) is 6.40. The lowest BCUT2D eigenvalue weighted by atomic mass is 9.92. The third-order valence-corrected chi connectivity index (χ3v) is 8.19. The smallest absolute Gasteiger partial charge is 0.313 e. The molecule has 0 aliphatic carbocycles. The van der Waals surface area contributed by atoms with E-state index in [-0.39, 0.29) is 16.9 Å². The summed E-state index contributed by atoms with van der Waals surface area (Å²) < 4.78 is 36.1. The van der Waals surface area contributed by atoms with E-state index in [2.05, 4.69) is 14.7 Å². The number of halogens is 1. The van der Waals surface area contributed by atoms with Crippen LogP contribution in [0.15, 0.2) is 41.4 Å². The number of aromatic nitrogens is 3. The van der Waals surface area contributed by atoms with Gasteiger partial charge in [-0.15, -0.1) is 0 Å². The predicted molar refractivity (Wildman–Crippen MR) is 139 cm³/mol. The normalized spacial score (nSPS) is 17.3. The Labute approximate surface area is 216 Å². The molecule has 1 saturated heterocycles. The number of carbonyl (C=O) groups excluding carboxylic acids is 1. The number of fused-ring (bicyclic) bond motifs is 1. The maximum absolute atomic E-state index is 13.0. The van der Waals surface area contributed by atoms with Crippen molar-refractivity contribution in [3.8, 4) is 0 Å². The molecule has 2 aromatic heterocycles. The Kier molecular flexibility index (Phi) is 8.17. The molecule has 2 atom stereocenters. The lowest BCUT2D eigenvalue weighted by Gasteiger charge is -2.36. The van der Waals surface area contributed by atoms with E-state index in [0.29, 0.717) is 43.2 Å². The summed E-state index contributed by atoms with van der Waals surface area (Å²) in [7, 11) is -3.72.